The van der Waals surface area contributed by atoms with Crippen molar-refractivity contribution in [2.45, 2.75) is 38.3 Å². The molecule has 0 saturated heterocycles. The second-order valence-electron chi connectivity index (χ2n) is 6.15. The largest absolute Gasteiger partial charge is 0.481 e. The molecule has 0 spiro atoms. The molecule has 5 N–H and O–H groups in total. The van der Waals surface area contributed by atoms with Crippen LogP contribution in [0.4, 0.5) is 0 Å². The van der Waals surface area contributed by atoms with Crippen LogP contribution in [0.15, 0.2) is 30.5 Å². The molecular formula is C18H21N3O6. The van der Waals surface area contributed by atoms with Gasteiger partial charge < -0.3 is 25.8 Å². The number of rotatable bonds is 9. The van der Waals surface area contributed by atoms with Gasteiger partial charge in [0.25, 0.3) is 0 Å². The molecular weight excluding hydrogens is 354 g/mol. The number of carboxylic acid groups (broad SMARTS) is 2. The van der Waals surface area contributed by atoms with E-state index in [1.807, 2.05) is 24.3 Å². The molecule has 27 heavy (non-hydrogen) atoms. The van der Waals surface area contributed by atoms with Crippen molar-refractivity contribution < 1.29 is 29.4 Å². The molecule has 0 fully saturated rings. The Morgan fingerprint density at radius 3 is 2.41 bits per heavy atom. The van der Waals surface area contributed by atoms with E-state index >= 15 is 0 Å². The van der Waals surface area contributed by atoms with Crippen LogP contribution in [-0.2, 0) is 25.6 Å². The average Bonchev–Trinajstić information content (AvgIpc) is 3.00. The van der Waals surface area contributed by atoms with Gasteiger partial charge in [0.05, 0.1) is 0 Å². The third kappa shape index (κ3) is 5.56. The van der Waals surface area contributed by atoms with Crippen LogP contribution in [-0.4, -0.2) is 51.0 Å². The molecule has 9 heteroatoms. The molecule has 9 nitrogen and oxygen atoms in total. The Labute approximate surface area is 154 Å². The number of nitrogens with one attached hydrogen (secondary N) is 3. The number of carbonyl (C=O) groups excluding carboxylic acids is 2. The molecule has 1 aromatic carbocycles. The first-order chi connectivity index (χ1) is 12.8. The fourth-order valence-corrected chi connectivity index (χ4v) is 2.77. The normalized spacial score (nSPS) is 12.9. The minimum Gasteiger partial charge on any atom is -0.481 e. The number of para-hydroxylation sites is 1. The van der Waals surface area contributed by atoms with Crippen LogP contribution >= 0.6 is 0 Å². The van der Waals surface area contributed by atoms with E-state index in [4.69, 9.17) is 5.11 Å². The van der Waals surface area contributed by atoms with Crippen LogP contribution in [0.25, 0.3) is 10.9 Å². The van der Waals surface area contributed by atoms with Gasteiger partial charge in [-0.15, -0.1) is 0 Å². The second kappa shape index (κ2) is 8.84. The predicted octanol–water partition coefficient (Wildman–Crippen LogP) is 0.649. The molecule has 0 aliphatic carbocycles. The van der Waals surface area contributed by atoms with Crippen molar-refractivity contribution in [2.24, 2.45) is 0 Å². The maximum Gasteiger partial charge on any atom is 0.326 e. The number of fused-ring (bicyclic) bond motifs is 1. The molecule has 2 rings (SSSR count). The monoisotopic (exact) mass is 375 g/mol. The summed E-state index contributed by atoms with van der Waals surface area (Å²) in [5, 5.41) is 23.8. The summed E-state index contributed by atoms with van der Waals surface area (Å²) in [6.45, 7) is 1.20. The van der Waals surface area contributed by atoms with Gasteiger partial charge >= 0.3 is 11.9 Å². The third-order valence-electron chi connectivity index (χ3n) is 4.05. The third-order valence-corrected chi connectivity index (χ3v) is 4.05. The lowest BCUT2D eigenvalue weighted by Gasteiger charge is -2.20. The highest BCUT2D eigenvalue weighted by atomic mass is 16.4. The van der Waals surface area contributed by atoms with Crippen molar-refractivity contribution in [3.8, 4) is 0 Å². The summed E-state index contributed by atoms with van der Waals surface area (Å²) < 4.78 is 0. The molecule has 0 aliphatic heterocycles. The summed E-state index contributed by atoms with van der Waals surface area (Å²) in [6.07, 6.45) is 1.25. The van der Waals surface area contributed by atoms with Crippen LogP contribution in [0, 0.1) is 0 Å². The number of aromatic nitrogens is 1. The van der Waals surface area contributed by atoms with E-state index in [0.29, 0.717) is 0 Å². The number of benzene rings is 1. The van der Waals surface area contributed by atoms with E-state index in [1.54, 1.807) is 6.20 Å². The first-order valence-electron chi connectivity index (χ1n) is 8.35. The van der Waals surface area contributed by atoms with Crippen LogP contribution in [0.5, 0.6) is 0 Å². The standard InChI is InChI=1S/C18H21N3O6/c1-10(22)20-14(6-7-16(23)24)17(25)21-15(18(26)27)8-11-9-19-13-5-3-2-4-12(11)13/h2-5,9,14-15,19H,6-8H2,1H3,(H,20,22)(H,21,25)(H,23,24)(H,26,27)/t14-,15-/m0/s1. The first kappa shape index (κ1) is 20.0. The van der Waals surface area contributed by atoms with Crippen LogP contribution in [0.3, 0.4) is 0 Å². The van der Waals surface area contributed by atoms with Crippen LogP contribution in [0.2, 0.25) is 0 Å². The average molecular weight is 375 g/mol. The zero-order valence-electron chi connectivity index (χ0n) is 14.7. The zero-order chi connectivity index (χ0) is 20.0. The smallest absolute Gasteiger partial charge is 0.326 e. The number of carbonyl (C=O) groups is 4. The topological polar surface area (TPSA) is 149 Å². The molecule has 2 aromatic rings. The summed E-state index contributed by atoms with van der Waals surface area (Å²) in [6, 6.07) is 5.02. The number of aromatic amines is 1. The molecule has 0 saturated carbocycles. The summed E-state index contributed by atoms with van der Waals surface area (Å²) in [5.74, 6) is -3.59. The van der Waals surface area contributed by atoms with Gasteiger partial charge in [-0.2, -0.15) is 0 Å². The number of hydrogen-bond acceptors (Lipinski definition) is 4. The maximum atomic E-state index is 12.4. The number of aliphatic carboxylic acids is 2. The van der Waals surface area contributed by atoms with E-state index < -0.39 is 35.8 Å². The maximum absolute atomic E-state index is 12.4. The summed E-state index contributed by atoms with van der Waals surface area (Å²) >= 11 is 0. The Bertz CT molecular complexity index is 860. The lowest BCUT2D eigenvalue weighted by Crippen LogP contribution is -2.52. The van der Waals surface area contributed by atoms with Gasteiger partial charge in [-0.25, -0.2) is 4.79 Å². The van der Waals surface area contributed by atoms with Crippen LogP contribution in [0.1, 0.15) is 25.3 Å². The quantitative estimate of drug-likeness (QED) is 0.434. The van der Waals surface area contributed by atoms with Gasteiger partial charge in [0.15, 0.2) is 0 Å². The Hall–Kier alpha value is -3.36. The summed E-state index contributed by atoms with van der Waals surface area (Å²) in [7, 11) is 0. The molecule has 0 bridgehead atoms. The fraction of sp³-hybridized carbons (Fsp3) is 0.333. The number of carboxylic acids is 2. The first-order valence-corrected chi connectivity index (χ1v) is 8.35. The highest BCUT2D eigenvalue weighted by Gasteiger charge is 2.27. The minimum atomic E-state index is -1.23. The van der Waals surface area contributed by atoms with Gasteiger partial charge in [-0.1, -0.05) is 18.2 Å². The second-order valence-corrected chi connectivity index (χ2v) is 6.15. The van der Waals surface area contributed by atoms with Crippen LogP contribution < -0.4 is 10.6 Å². The van der Waals surface area contributed by atoms with E-state index in [2.05, 4.69) is 15.6 Å². The van der Waals surface area contributed by atoms with E-state index in [9.17, 15) is 24.3 Å². The van der Waals surface area contributed by atoms with Gasteiger partial charge in [0.2, 0.25) is 11.8 Å². The fourth-order valence-electron chi connectivity index (χ4n) is 2.77. The molecule has 0 radical (unpaired) electrons. The van der Waals surface area contributed by atoms with E-state index in [0.717, 1.165) is 16.5 Å². The van der Waals surface area contributed by atoms with E-state index in [-0.39, 0.29) is 19.3 Å². The van der Waals surface area contributed by atoms with Crippen molar-refractivity contribution >= 4 is 34.7 Å². The molecule has 1 aromatic heterocycles. The van der Waals surface area contributed by atoms with Crippen molar-refractivity contribution in [1.29, 1.82) is 0 Å². The Morgan fingerprint density at radius 1 is 1.07 bits per heavy atom. The lowest BCUT2D eigenvalue weighted by molar-refractivity contribution is -0.142. The van der Waals surface area contributed by atoms with Gasteiger partial charge in [-0.3, -0.25) is 14.4 Å². The molecule has 144 valence electrons. The molecule has 0 unspecified atom stereocenters. The van der Waals surface area contributed by atoms with Gasteiger partial charge in [0.1, 0.15) is 12.1 Å². The molecule has 0 aliphatic rings. The van der Waals surface area contributed by atoms with Crippen molar-refractivity contribution in [3.63, 3.8) is 0 Å². The molecule has 1 heterocycles. The van der Waals surface area contributed by atoms with Crippen molar-refractivity contribution in [1.82, 2.24) is 15.6 Å². The SMILES string of the molecule is CC(=O)N[C@@H](CCC(=O)O)C(=O)N[C@@H](Cc1c[nH]c2ccccc12)C(=O)O. The van der Waals surface area contributed by atoms with Crippen molar-refractivity contribution in [3.05, 3.63) is 36.0 Å². The van der Waals surface area contributed by atoms with E-state index in [1.165, 1.54) is 6.92 Å². The lowest BCUT2D eigenvalue weighted by atomic mass is 10.0. The van der Waals surface area contributed by atoms with Gasteiger partial charge in [-0.05, 0) is 18.1 Å². The molecule has 2 amide bonds. The molecule has 2 atom stereocenters. The predicted molar refractivity (Wildman–Crippen MR) is 96.0 cm³/mol. The number of amides is 2. The summed E-state index contributed by atoms with van der Waals surface area (Å²) in [5.41, 5.74) is 1.57. The Kier molecular flexibility index (Phi) is 6.53. The minimum absolute atomic E-state index is 0.0385. The zero-order valence-corrected chi connectivity index (χ0v) is 14.7. The highest BCUT2D eigenvalue weighted by molar-refractivity contribution is 5.91. The van der Waals surface area contributed by atoms with Gasteiger partial charge in [0, 0.05) is 36.9 Å². The van der Waals surface area contributed by atoms with Crippen molar-refractivity contribution in [2.75, 3.05) is 0 Å². The Morgan fingerprint density at radius 2 is 1.78 bits per heavy atom. The Balaban J connectivity index is 2.13. The number of H-pyrrole nitrogens is 1. The summed E-state index contributed by atoms with van der Waals surface area (Å²) in [4.78, 5) is 49.1. The number of hydrogen-bond donors (Lipinski definition) is 5. The highest BCUT2D eigenvalue weighted by Crippen LogP contribution is 2.19.